The third-order valence-electron chi connectivity index (χ3n) is 4.39. The summed E-state index contributed by atoms with van der Waals surface area (Å²) in [6.07, 6.45) is 7.79. The van der Waals surface area contributed by atoms with Gasteiger partial charge >= 0.3 is 0 Å². The van der Waals surface area contributed by atoms with E-state index in [2.05, 4.69) is 52.5 Å². The first kappa shape index (κ1) is 28.6. The first-order valence-electron chi connectivity index (χ1n) is 10.6. The van der Waals surface area contributed by atoms with Crippen molar-refractivity contribution in [2.24, 2.45) is 5.73 Å². The average molecular weight is 446 g/mol. The predicted molar refractivity (Wildman–Crippen MR) is 124 cm³/mol. The molecule has 0 heterocycles. The maximum atomic E-state index is 12.1. The smallest absolute Gasteiger partial charge is 0.296 e. The van der Waals surface area contributed by atoms with Crippen LogP contribution in [-0.4, -0.2) is 55.8 Å². The second-order valence-electron chi connectivity index (χ2n) is 6.92. The van der Waals surface area contributed by atoms with E-state index in [4.69, 9.17) is 12.2 Å². The fourth-order valence-electron chi connectivity index (χ4n) is 2.54. The van der Waals surface area contributed by atoms with Gasteiger partial charge in [-0.3, -0.25) is 19.2 Å². The maximum absolute atomic E-state index is 12.1. The quantitative estimate of drug-likeness (QED) is 0.238. The van der Waals surface area contributed by atoms with Crippen LogP contribution >= 0.6 is 0 Å². The number of hydrogen-bond donors (Lipinski definition) is 5. The molecule has 176 valence electrons. The van der Waals surface area contributed by atoms with Crippen LogP contribution in [0.25, 0.3) is 0 Å². The Morgan fingerprint density at radius 1 is 1.06 bits per heavy atom. The van der Waals surface area contributed by atoms with E-state index < -0.39 is 29.8 Å². The molecule has 0 aliphatic rings. The lowest BCUT2D eigenvalue weighted by Crippen LogP contribution is -2.51. The minimum atomic E-state index is -0.843. The van der Waals surface area contributed by atoms with Crippen molar-refractivity contribution in [3.63, 3.8) is 0 Å². The molecular weight excluding hydrogens is 410 g/mol. The van der Waals surface area contributed by atoms with E-state index in [-0.39, 0.29) is 12.5 Å². The van der Waals surface area contributed by atoms with Crippen molar-refractivity contribution in [1.82, 2.24) is 21.3 Å². The molecule has 1 rings (SSSR count). The number of amides is 4. The highest BCUT2D eigenvalue weighted by atomic mass is 16.2. The van der Waals surface area contributed by atoms with E-state index in [0.717, 1.165) is 6.42 Å². The summed E-state index contributed by atoms with van der Waals surface area (Å²) in [4.78, 5) is 46.4. The standard InChI is InChI=1S/C15H25N5O4.C8H10/c1-4-12(21)20-11(7-5-6-8-16)15(24)18-9-13(22)19-10(2)14(23)17-3;1-2-8-6-4-3-5-7-8/h1,10-11H,5-9,16H2,2-3H3,(H,17,23)(H,18,24)(H,19,22)(H,20,21);3-7H,2H2,1H3. The van der Waals surface area contributed by atoms with Crippen molar-refractivity contribution in [2.75, 3.05) is 20.1 Å². The van der Waals surface area contributed by atoms with Crippen LogP contribution in [0.3, 0.4) is 0 Å². The molecule has 0 aliphatic carbocycles. The highest BCUT2D eigenvalue weighted by molar-refractivity contribution is 5.97. The zero-order valence-corrected chi connectivity index (χ0v) is 19.1. The summed E-state index contributed by atoms with van der Waals surface area (Å²) < 4.78 is 0. The van der Waals surface area contributed by atoms with Gasteiger partial charge in [-0.2, -0.15) is 0 Å². The van der Waals surface area contributed by atoms with Crippen molar-refractivity contribution in [3.05, 3.63) is 35.9 Å². The van der Waals surface area contributed by atoms with Crippen molar-refractivity contribution in [1.29, 1.82) is 0 Å². The molecule has 1 aromatic rings. The second kappa shape index (κ2) is 17.3. The third kappa shape index (κ3) is 13.0. The molecule has 2 atom stereocenters. The zero-order chi connectivity index (χ0) is 24.4. The number of nitrogens with two attached hydrogens (primary N) is 1. The van der Waals surface area contributed by atoms with Crippen LogP contribution in [0.4, 0.5) is 0 Å². The van der Waals surface area contributed by atoms with Gasteiger partial charge in [-0.05, 0) is 50.6 Å². The summed E-state index contributed by atoms with van der Waals surface area (Å²) in [6.45, 7) is 3.83. The molecule has 0 aliphatic heterocycles. The molecule has 0 saturated carbocycles. The maximum Gasteiger partial charge on any atom is 0.296 e. The van der Waals surface area contributed by atoms with Gasteiger partial charge in [0.05, 0.1) is 6.54 Å². The van der Waals surface area contributed by atoms with E-state index >= 15 is 0 Å². The van der Waals surface area contributed by atoms with Gasteiger partial charge in [-0.15, -0.1) is 6.42 Å². The Morgan fingerprint density at radius 3 is 2.22 bits per heavy atom. The number of rotatable bonds is 11. The van der Waals surface area contributed by atoms with Gasteiger partial charge in [0.15, 0.2) is 0 Å². The number of carbonyl (C=O) groups is 4. The van der Waals surface area contributed by atoms with Gasteiger partial charge in [-0.25, -0.2) is 0 Å². The molecule has 0 spiro atoms. The number of hydrogen-bond acceptors (Lipinski definition) is 5. The Balaban J connectivity index is 0.000000995. The molecule has 4 amide bonds. The fraction of sp³-hybridized carbons (Fsp3) is 0.478. The lowest BCUT2D eigenvalue weighted by Gasteiger charge is -2.17. The molecule has 0 bridgehead atoms. The number of unbranched alkanes of at least 4 members (excludes halogenated alkanes) is 1. The lowest BCUT2D eigenvalue weighted by atomic mass is 10.1. The largest absolute Gasteiger partial charge is 0.357 e. The molecule has 9 nitrogen and oxygen atoms in total. The average Bonchev–Trinajstić information content (AvgIpc) is 2.82. The van der Waals surface area contributed by atoms with Gasteiger partial charge in [0.2, 0.25) is 17.7 Å². The zero-order valence-electron chi connectivity index (χ0n) is 19.1. The predicted octanol–water partition coefficient (Wildman–Crippen LogP) is -0.151. The molecule has 1 aromatic carbocycles. The van der Waals surface area contributed by atoms with E-state index in [1.165, 1.54) is 19.5 Å². The molecule has 9 heteroatoms. The van der Waals surface area contributed by atoms with Crippen LogP contribution in [0.5, 0.6) is 0 Å². The Morgan fingerprint density at radius 2 is 1.72 bits per heavy atom. The Bertz CT molecular complexity index is 761. The van der Waals surface area contributed by atoms with Crippen molar-refractivity contribution < 1.29 is 19.2 Å². The summed E-state index contributed by atoms with van der Waals surface area (Å²) in [6, 6.07) is 8.89. The molecule has 32 heavy (non-hydrogen) atoms. The summed E-state index contributed by atoms with van der Waals surface area (Å²) >= 11 is 0. The van der Waals surface area contributed by atoms with Crippen molar-refractivity contribution in [3.8, 4) is 12.3 Å². The number of likely N-dealkylation sites (N-methyl/N-ethyl adjacent to an activating group) is 1. The van der Waals surface area contributed by atoms with Gasteiger partial charge in [0, 0.05) is 7.05 Å². The minimum absolute atomic E-state index is 0.320. The molecule has 0 radical (unpaired) electrons. The van der Waals surface area contributed by atoms with E-state index in [1.807, 2.05) is 12.0 Å². The van der Waals surface area contributed by atoms with Crippen molar-refractivity contribution >= 4 is 23.6 Å². The molecule has 6 N–H and O–H groups in total. The lowest BCUT2D eigenvalue weighted by molar-refractivity contribution is -0.130. The molecule has 0 aromatic heterocycles. The van der Waals surface area contributed by atoms with Gasteiger partial charge < -0.3 is 27.0 Å². The van der Waals surface area contributed by atoms with Gasteiger partial charge in [0.25, 0.3) is 5.91 Å². The van der Waals surface area contributed by atoms with E-state index in [0.29, 0.717) is 25.8 Å². The molecule has 0 fully saturated rings. The van der Waals surface area contributed by atoms with E-state index in [1.54, 1.807) is 0 Å². The highest BCUT2D eigenvalue weighted by Gasteiger charge is 2.21. The van der Waals surface area contributed by atoms with Crippen LogP contribution in [0.1, 0.15) is 38.7 Å². The van der Waals surface area contributed by atoms with Crippen LogP contribution in [0.2, 0.25) is 0 Å². The number of benzene rings is 1. The van der Waals surface area contributed by atoms with Crippen LogP contribution in [0.15, 0.2) is 30.3 Å². The highest BCUT2D eigenvalue weighted by Crippen LogP contribution is 2.01. The van der Waals surface area contributed by atoms with Crippen LogP contribution in [0, 0.1) is 12.3 Å². The molecule has 0 saturated heterocycles. The summed E-state index contributed by atoms with van der Waals surface area (Å²) in [5.74, 6) is -0.241. The number of aryl methyl sites for hydroxylation is 1. The SMILES string of the molecule is C#CC(=O)NC(CCCCN)C(=O)NCC(=O)NC(C)C(=O)NC.CCc1ccccc1. The first-order valence-corrected chi connectivity index (χ1v) is 10.6. The summed E-state index contributed by atoms with van der Waals surface area (Å²) in [5, 5.41) is 9.62. The number of carbonyl (C=O) groups excluding carboxylic acids is 4. The summed E-state index contributed by atoms with van der Waals surface area (Å²) in [5.41, 5.74) is 6.80. The summed E-state index contributed by atoms with van der Waals surface area (Å²) in [7, 11) is 1.45. The Kier molecular flexibility index (Phi) is 15.5. The third-order valence-corrected chi connectivity index (χ3v) is 4.39. The monoisotopic (exact) mass is 445 g/mol. The van der Waals surface area contributed by atoms with Crippen LogP contribution < -0.4 is 27.0 Å². The fourth-order valence-corrected chi connectivity index (χ4v) is 2.54. The number of nitrogens with one attached hydrogen (secondary N) is 4. The van der Waals surface area contributed by atoms with Gasteiger partial charge in [-0.1, -0.05) is 37.3 Å². The Hall–Kier alpha value is -3.38. The Labute approximate surface area is 190 Å². The van der Waals surface area contributed by atoms with Gasteiger partial charge in [0.1, 0.15) is 12.1 Å². The molecular formula is C23H35N5O4. The van der Waals surface area contributed by atoms with Crippen LogP contribution in [-0.2, 0) is 25.6 Å². The topological polar surface area (TPSA) is 142 Å². The molecule has 2 unspecified atom stereocenters. The normalized spacial score (nSPS) is 11.5. The first-order chi connectivity index (χ1) is 15.3. The number of terminal acetylenes is 1. The minimum Gasteiger partial charge on any atom is -0.357 e. The second-order valence-corrected chi connectivity index (χ2v) is 6.92. The van der Waals surface area contributed by atoms with E-state index in [9.17, 15) is 19.2 Å². The van der Waals surface area contributed by atoms with Crippen molar-refractivity contribution in [2.45, 2.75) is 51.6 Å².